The second kappa shape index (κ2) is 7.23. The molecule has 15 heavy (non-hydrogen) atoms. The molecule has 2 N–H and O–H groups in total. The summed E-state index contributed by atoms with van der Waals surface area (Å²) in [4.78, 5) is 22.1. The van der Waals surface area contributed by atoms with Crippen LogP contribution in [-0.4, -0.2) is 37.2 Å². The van der Waals surface area contributed by atoms with Gasteiger partial charge in [0.15, 0.2) is 0 Å². The largest absolute Gasteiger partial charge is 0.481 e. The van der Waals surface area contributed by atoms with Crippen LogP contribution in [0, 0.1) is 11.8 Å². The molecule has 0 aromatic carbocycles. The maximum atomic E-state index is 11.4. The third kappa shape index (κ3) is 5.37. The summed E-state index contributed by atoms with van der Waals surface area (Å²) in [6.07, 6.45) is 0.733. The molecule has 88 valence electrons. The van der Waals surface area contributed by atoms with E-state index in [0.717, 1.165) is 6.42 Å². The second-order valence-corrected chi connectivity index (χ2v) is 3.55. The van der Waals surface area contributed by atoms with Crippen LogP contribution in [0.2, 0.25) is 0 Å². The van der Waals surface area contributed by atoms with Crippen LogP contribution in [0.15, 0.2) is 0 Å². The number of carbonyl (C=O) groups excluding carboxylic acids is 1. The predicted octanol–water partition coefficient (Wildman–Crippen LogP) is 0.496. The van der Waals surface area contributed by atoms with Gasteiger partial charge >= 0.3 is 5.97 Å². The van der Waals surface area contributed by atoms with Crippen molar-refractivity contribution in [2.45, 2.75) is 20.3 Å². The van der Waals surface area contributed by atoms with Gasteiger partial charge in [-0.2, -0.15) is 0 Å². The van der Waals surface area contributed by atoms with Crippen molar-refractivity contribution in [1.29, 1.82) is 0 Å². The molecule has 0 saturated heterocycles. The molecule has 0 fully saturated rings. The number of hydrogen-bond acceptors (Lipinski definition) is 3. The Hall–Kier alpha value is -1.10. The molecule has 0 aliphatic heterocycles. The van der Waals surface area contributed by atoms with Crippen molar-refractivity contribution in [3.8, 4) is 0 Å². The van der Waals surface area contributed by atoms with E-state index < -0.39 is 17.8 Å². The molecule has 2 atom stereocenters. The molecule has 0 radical (unpaired) electrons. The normalized spacial score (nSPS) is 14.3. The minimum absolute atomic E-state index is 0.221. The highest BCUT2D eigenvalue weighted by Crippen LogP contribution is 2.10. The van der Waals surface area contributed by atoms with Gasteiger partial charge in [0.25, 0.3) is 0 Å². The summed E-state index contributed by atoms with van der Waals surface area (Å²) in [6.45, 7) is 4.25. The van der Waals surface area contributed by atoms with E-state index in [9.17, 15) is 9.59 Å². The van der Waals surface area contributed by atoms with Gasteiger partial charge in [-0.15, -0.1) is 0 Å². The van der Waals surface area contributed by atoms with E-state index in [4.69, 9.17) is 9.84 Å². The molecule has 0 aliphatic rings. The first-order chi connectivity index (χ1) is 7.00. The van der Waals surface area contributed by atoms with Crippen LogP contribution in [0.4, 0.5) is 0 Å². The summed E-state index contributed by atoms with van der Waals surface area (Å²) in [5, 5.41) is 11.4. The molecular formula is C10H19NO4. The zero-order valence-electron chi connectivity index (χ0n) is 9.45. The van der Waals surface area contributed by atoms with E-state index in [0.29, 0.717) is 13.2 Å². The SMILES string of the molecule is COCCCNC(=O)C(C)C(C)C(=O)O. The number of carbonyl (C=O) groups is 2. The molecule has 0 spiro atoms. The Morgan fingerprint density at radius 3 is 2.40 bits per heavy atom. The molecule has 0 saturated carbocycles. The fourth-order valence-corrected chi connectivity index (χ4v) is 1.03. The summed E-state index contributed by atoms with van der Waals surface area (Å²) in [5.74, 6) is -2.34. The highest BCUT2D eigenvalue weighted by molar-refractivity contribution is 5.84. The Kier molecular flexibility index (Phi) is 6.70. The monoisotopic (exact) mass is 217 g/mol. The fraction of sp³-hybridized carbons (Fsp3) is 0.800. The van der Waals surface area contributed by atoms with Gasteiger partial charge in [-0.1, -0.05) is 13.8 Å². The third-order valence-corrected chi connectivity index (χ3v) is 2.38. The van der Waals surface area contributed by atoms with Gasteiger partial charge in [0.05, 0.1) is 5.92 Å². The van der Waals surface area contributed by atoms with Crippen LogP contribution in [-0.2, 0) is 14.3 Å². The Balaban J connectivity index is 3.84. The highest BCUT2D eigenvalue weighted by Gasteiger charge is 2.25. The van der Waals surface area contributed by atoms with Crippen molar-refractivity contribution in [3.63, 3.8) is 0 Å². The van der Waals surface area contributed by atoms with E-state index in [1.807, 2.05) is 0 Å². The summed E-state index contributed by atoms with van der Waals surface area (Å²) in [6, 6.07) is 0. The molecule has 5 nitrogen and oxygen atoms in total. The summed E-state index contributed by atoms with van der Waals surface area (Å²) < 4.78 is 4.82. The van der Waals surface area contributed by atoms with Crippen LogP contribution < -0.4 is 5.32 Å². The van der Waals surface area contributed by atoms with Gasteiger partial charge in [0, 0.05) is 26.2 Å². The molecule has 2 unspecified atom stereocenters. The van der Waals surface area contributed by atoms with E-state index in [1.165, 1.54) is 6.92 Å². The number of aliphatic carboxylic acids is 1. The molecule has 1 amide bonds. The lowest BCUT2D eigenvalue weighted by molar-refractivity contribution is -0.146. The Bertz CT molecular complexity index is 217. The van der Waals surface area contributed by atoms with Gasteiger partial charge in [0.1, 0.15) is 0 Å². The molecular weight excluding hydrogens is 198 g/mol. The van der Waals surface area contributed by atoms with Crippen LogP contribution in [0.3, 0.4) is 0 Å². The quantitative estimate of drug-likeness (QED) is 0.609. The van der Waals surface area contributed by atoms with Crippen molar-refractivity contribution in [2.24, 2.45) is 11.8 Å². The van der Waals surface area contributed by atoms with E-state index in [1.54, 1.807) is 14.0 Å². The summed E-state index contributed by atoms with van der Waals surface area (Å²) in [7, 11) is 1.59. The molecule has 5 heteroatoms. The second-order valence-electron chi connectivity index (χ2n) is 3.55. The van der Waals surface area contributed by atoms with Crippen molar-refractivity contribution in [3.05, 3.63) is 0 Å². The fourth-order valence-electron chi connectivity index (χ4n) is 1.03. The highest BCUT2D eigenvalue weighted by atomic mass is 16.5. The average molecular weight is 217 g/mol. The first-order valence-corrected chi connectivity index (χ1v) is 5.00. The summed E-state index contributed by atoms with van der Waals surface area (Å²) >= 11 is 0. The van der Waals surface area contributed by atoms with Crippen molar-refractivity contribution in [2.75, 3.05) is 20.3 Å². The minimum Gasteiger partial charge on any atom is -0.481 e. The lowest BCUT2D eigenvalue weighted by atomic mass is 9.95. The molecule has 0 heterocycles. The van der Waals surface area contributed by atoms with Gasteiger partial charge < -0.3 is 15.2 Å². The maximum Gasteiger partial charge on any atom is 0.307 e. The van der Waals surface area contributed by atoms with Crippen LogP contribution >= 0.6 is 0 Å². The molecule has 0 aliphatic carbocycles. The number of methoxy groups -OCH3 is 1. The third-order valence-electron chi connectivity index (χ3n) is 2.38. The van der Waals surface area contributed by atoms with E-state index >= 15 is 0 Å². The minimum atomic E-state index is -0.949. The Morgan fingerprint density at radius 1 is 1.33 bits per heavy atom. The standard InChI is InChI=1S/C10H19NO4/c1-7(8(2)10(13)14)9(12)11-5-4-6-15-3/h7-8H,4-6H2,1-3H3,(H,11,12)(H,13,14). The number of amides is 1. The number of carboxylic acids is 1. The number of carboxylic acid groups (broad SMARTS) is 1. The Morgan fingerprint density at radius 2 is 1.93 bits per heavy atom. The van der Waals surface area contributed by atoms with E-state index in [2.05, 4.69) is 5.32 Å². The maximum absolute atomic E-state index is 11.4. The average Bonchev–Trinajstić information content (AvgIpc) is 2.21. The number of hydrogen-bond donors (Lipinski definition) is 2. The van der Waals surface area contributed by atoms with Crippen molar-refractivity contribution in [1.82, 2.24) is 5.32 Å². The number of rotatable bonds is 7. The smallest absolute Gasteiger partial charge is 0.307 e. The zero-order chi connectivity index (χ0) is 11.8. The van der Waals surface area contributed by atoms with Gasteiger partial charge in [-0.3, -0.25) is 9.59 Å². The number of nitrogens with one attached hydrogen (secondary N) is 1. The van der Waals surface area contributed by atoms with Crippen LogP contribution in [0.25, 0.3) is 0 Å². The molecule has 0 aromatic rings. The zero-order valence-corrected chi connectivity index (χ0v) is 9.45. The summed E-state index contributed by atoms with van der Waals surface area (Å²) in [5.41, 5.74) is 0. The molecule has 0 aromatic heterocycles. The van der Waals surface area contributed by atoms with Crippen LogP contribution in [0.5, 0.6) is 0 Å². The lowest BCUT2D eigenvalue weighted by Gasteiger charge is -2.15. The van der Waals surface area contributed by atoms with Crippen molar-refractivity contribution >= 4 is 11.9 Å². The molecule has 0 rings (SSSR count). The number of ether oxygens (including phenoxy) is 1. The lowest BCUT2D eigenvalue weighted by Crippen LogP contribution is -2.35. The predicted molar refractivity (Wildman–Crippen MR) is 55.5 cm³/mol. The first-order valence-electron chi connectivity index (χ1n) is 5.00. The first kappa shape index (κ1) is 13.9. The Labute approximate surface area is 89.8 Å². The van der Waals surface area contributed by atoms with Gasteiger partial charge in [-0.05, 0) is 6.42 Å². The van der Waals surface area contributed by atoms with Gasteiger partial charge in [-0.25, -0.2) is 0 Å². The topological polar surface area (TPSA) is 75.6 Å². The van der Waals surface area contributed by atoms with Crippen molar-refractivity contribution < 1.29 is 19.4 Å². The molecule has 0 bridgehead atoms. The van der Waals surface area contributed by atoms with Crippen LogP contribution in [0.1, 0.15) is 20.3 Å². The van der Waals surface area contributed by atoms with E-state index in [-0.39, 0.29) is 5.91 Å². The van der Waals surface area contributed by atoms with Gasteiger partial charge in [0.2, 0.25) is 5.91 Å².